The van der Waals surface area contributed by atoms with Crippen LogP contribution in [-0.4, -0.2) is 29.8 Å². The summed E-state index contributed by atoms with van der Waals surface area (Å²) in [6.45, 7) is 7.80. The molecule has 0 fully saturated rings. The number of unbranched alkanes of at least 4 members (excludes halogenated alkanes) is 9. The molecule has 5 heteroatoms. The highest BCUT2D eigenvalue weighted by Gasteiger charge is 2.16. The maximum atomic E-state index is 12.1. The minimum absolute atomic E-state index is 0.328. The summed E-state index contributed by atoms with van der Waals surface area (Å²) in [5.74, 6) is -0.328. The smallest absolute Gasteiger partial charge is 0.333 e. The van der Waals surface area contributed by atoms with Crippen molar-refractivity contribution in [2.75, 3.05) is 18.9 Å². The summed E-state index contributed by atoms with van der Waals surface area (Å²) in [5, 5.41) is 0. The molecule has 142 valence electrons. The van der Waals surface area contributed by atoms with Crippen molar-refractivity contribution in [2.24, 2.45) is 0 Å². The van der Waals surface area contributed by atoms with Gasteiger partial charge in [-0.3, -0.25) is 4.57 Å². The molecular formula is C19H37O4P. The number of rotatable bonds is 16. The first kappa shape index (κ1) is 23.4. The predicted molar refractivity (Wildman–Crippen MR) is 102 cm³/mol. The normalized spacial score (nSPS) is 13.5. The summed E-state index contributed by atoms with van der Waals surface area (Å²) in [5.41, 5.74) is 0.430. The van der Waals surface area contributed by atoms with Crippen LogP contribution in [0.25, 0.3) is 0 Å². The molecule has 1 atom stereocenters. The van der Waals surface area contributed by atoms with Crippen molar-refractivity contribution < 1.29 is 19.0 Å². The maximum absolute atomic E-state index is 12.1. The Hall–Kier alpha value is -0.600. The van der Waals surface area contributed by atoms with Crippen LogP contribution in [0.15, 0.2) is 12.2 Å². The van der Waals surface area contributed by atoms with Crippen LogP contribution in [0.5, 0.6) is 0 Å². The van der Waals surface area contributed by atoms with Crippen molar-refractivity contribution in [1.29, 1.82) is 0 Å². The van der Waals surface area contributed by atoms with E-state index >= 15 is 0 Å². The Kier molecular flexibility index (Phi) is 14.4. The zero-order chi connectivity index (χ0) is 18.3. The predicted octanol–water partition coefficient (Wildman–Crippen LogP) is 5.69. The van der Waals surface area contributed by atoms with Crippen molar-refractivity contribution in [2.45, 2.75) is 84.5 Å². The number of hydrogen-bond donors (Lipinski definition) is 1. The van der Waals surface area contributed by atoms with Crippen LogP contribution in [0.4, 0.5) is 0 Å². The first-order valence-electron chi connectivity index (χ1n) is 9.52. The lowest BCUT2D eigenvalue weighted by atomic mass is 10.1. The van der Waals surface area contributed by atoms with Gasteiger partial charge in [-0.05, 0) is 26.2 Å². The summed E-state index contributed by atoms with van der Waals surface area (Å²) in [6, 6.07) is 0. The second kappa shape index (κ2) is 14.7. The van der Waals surface area contributed by atoms with E-state index in [0.717, 1.165) is 44.9 Å². The Bertz CT molecular complexity index is 393. The van der Waals surface area contributed by atoms with E-state index in [9.17, 15) is 14.3 Å². The Balaban J connectivity index is 3.46. The van der Waals surface area contributed by atoms with Gasteiger partial charge in [0.1, 0.15) is 0 Å². The number of carbonyl (C=O) groups is 1. The number of hydrogen-bond acceptors (Lipinski definition) is 3. The fourth-order valence-electron chi connectivity index (χ4n) is 2.53. The molecule has 0 aromatic heterocycles. The summed E-state index contributed by atoms with van der Waals surface area (Å²) < 4.78 is 17.1. The molecule has 0 rings (SSSR count). The Morgan fingerprint density at radius 1 is 0.917 bits per heavy atom. The molecule has 0 aliphatic heterocycles. The van der Waals surface area contributed by atoms with Crippen LogP contribution in [0.1, 0.15) is 84.5 Å². The fourth-order valence-corrected chi connectivity index (χ4v) is 4.19. The molecule has 0 bridgehead atoms. The van der Waals surface area contributed by atoms with Gasteiger partial charge >= 0.3 is 5.97 Å². The highest BCUT2D eigenvalue weighted by Crippen LogP contribution is 2.42. The first-order chi connectivity index (χ1) is 11.4. The lowest BCUT2D eigenvalue weighted by molar-refractivity contribution is -0.139. The van der Waals surface area contributed by atoms with Crippen molar-refractivity contribution in [3.8, 4) is 0 Å². The van der Waals surface area contributed by atoms with Crippen LogP contribution < -0.4 is 0 Å². The van der Waals surface area contributed by atoms with E-state index in [1.807, 2.05) is 0 Å². The summed E-state index contributed by atoms with van der Waals surface area (Å²) >= 11 is 0. The number of esters is 1. The molecule has 0 saturated heterocycles. The Labute approximate surface area is 148 Å². The molecule has 0 spiro atoms. The number of carbonyl (C=O) groups excluding carboxylic acids is 1. The quantitative estimate of drug-likeness (QED) is 0.166. The van der Waals surface area contributed by atoms with Crippen LogP contribution in [0.2, 0.25) is 0 Å². The van der Waals surface area contributed by atoms with E-state index in [2.05, 4.69) is 13.5 Å². The van der Waals surface area contributed by atoms with E-state index < -0.39 is 7.37 Å². The molecule has 0 radical (unpaired) electrons. The van der Waals surface area contributed by atoms with Gasteiger partial charge in [-0.15, -0.1) is 0 Å². The molecule has 0 aliphatic rings. The third-order valence-electron chi connectivity index (χ3n) is 4.09. The lowest BCUT2D eigenvalue weighted by Gasteiger charge is -2.11. The zero-order valence-electron chi connectivity index (χ0n) is 15.7. The highest BCUT2D eigenvalue weighted by atomic mass is 31.2. The van der Waals surface area contributed by atoms with Crippen LogP contribution in [0, 0.1) is 0 Å². The summed E-state index contributed by atoms with van der Waals surface area (Å²) in [4.78, 5) is 21.1. The minimum atomic E-state index is -2.91. The first-order valence-corrected chi connectivity index (χ1v) is 11.6. The topological polar surface area (TPSA) is 63.6 Å². The van der Waals surface area contributed by atoms with Gasteiger partial charge in [0.25, 0.3) is 0 Å². The number of ether oxygens (including phenoxy) is 1. The summed E-state index contributed by atoms with van der Waals surface area (Å²) in [7, 11) is -2.91. The molecule has 0 aromatic carbocycles. The molecule has 24 heavy (non-hydrogen) atoms. The third-order valence-corrected chi connectivity index (χ3v) is 6.12. The van der Waals surface area contributed by atoms with E-state index in [1.165, 1.54) is 25.7 Å². The van der Waals surface area contributed by atoms with Gasteiger partial charge in [0, 0.05) is 17.9 Å². The van der Waals surface area contributed by atoms with Gasteiger partial charge in [-0.25, -0.2) is 4.79 Å². The monoisotopic (exact) mass is 360 g/mol. The van der Waals surface area contributed by atoms with E-state index in [-0.39, 0.29) is 5.97 Å². The molecule has 1 N–H and O–H groups in total. The van der Waals surface area contributed by atoms with Crippen molar-refractivity contribution in [3.05, 3.63) is 12.2 Å². The Morgan fingerprint density at radius 3 is 1.88 bits per heavy atom. The van der Waals surface area contributed by atoms with Gasteiger partial charge in [0.15, 0.2) is 0 Å². The molecule has 0 saturated carbocycles. The average molecular weight is 360 g/mol. The molecule has 0 heterocycles. The van der Waals surface area contributed by atoms with E-state index in [4.69, 9.17) is 4.74 Å². The molecule has 0 aliphatic carbocycles. The highest BCUT2D eigenvalue weighted by molar-refractivity contribution is 7.57. The standard InChI is InChI=1S/C19H37O4P/c1-4-5-6-7-10-13-16-24(21,22)17-14-11-8-9-12-15-23-19(20)18(2)3/h2,4-17H2,1,3H3,(H,21,22). The molecule has 4 nitrogen and oxygen atoms in total. The maximum Gasteiger partial charge on any atom is 0.333 e. The lowest BCUT2D eigenvalue weighted by Crippen LogP contribution is -2.06. The van der Waals surface area contributed by atoms with Gasteiger partial charge < -0.3 is 9.63 Å². The van der Waals surface area contributed by atoms with Gasteiger partial charge in [-0.1, -0.05) is 64.9 Å². The van der Waals surface area contributed by atoms with E-state index in [1.54, 1.807) is 6.92 Å². The largest absolute Gasteiger partial charge is 0.462 e. The van der Waals surface area contributed by atoms with Crippen LogP contribution >= 0.6 is 7.37 Å². The van der Waals surface area contributed by atoms with Crippen molar-refractivity contribution in [3.63, 3.8) is 0 Å². The average Bonchev–Trinajstić information content (AvgIpc) is 2.52. The third kappa shape index (κ3) is 15.0. The van der Waals surface area contributed by atoms with Crippen LogP contribution in [0.3, 0.4) is 0 Å². The molecular weight excluding hydrogens is 323 g/mol. The van der Waals surface area contributed by atoms with Gasteiger partial charge in [-0.2, -0.15) is 0 Å². The van der Waals surface area contributed by atoms with Gasteiger partial charge in [0.2, 0.25) is 7.37 Å². The zero-order valence-corrected chi connectivity index (χ0v) is 16.6. The minimum Gasteiger partial charge on any atom is -0.462 e. The second-order valence-corrected chi connectivity index (χ2v) is 9.33. The molecule has 0 aromatic rings. The fraction of sp³-hybridized carbons (Fsp3) is 0.842. The van der Waals surface area contributed by atoms with Crippen molar-refractivity contribution in [1.82, 2.24) is 0 Å². The van der Waals surface area contributed by atoms with E-state index in [0.29, 0.717) is 24.5 Å². The molecule has 0 amide bonds. The summed E-state index contributed by atoms with van der Waals surface area (Å²) in [6.07, 6.45) is 12.4. The molecule has 1 unspecified atom stereocenters. The van der Waals surface area contributed by atoms with Gasteiger partial charge in [0.05, 0.1) is 6.61 Å². The SMILES string of the molecule is C=C(C)C(=O)OCCCCCCCP(=O)(O)CCCCCCCC. The Morgan fingerprint density at radius 2 is 1.38 bits per heavy atom. The van der Waals surface area contributed by atoms with Crippen LogP contribution in [-0.2, 0) is 14.1 Å². The second-order valence-electron chi connectivity index (χ2n) is 6.75. The van der Waals surface area contributed by atoms with Crippen molar-refractivity contribution >= 4 is 13.3 Å².